The third kappa shape index (κ3) is 8.85. The fourth-order valence-corrected chi connectivity index (χ4v) is 4.59. The van der Waals surface area contributed by atoms with Gasteiger partial charge in [-0.3, -0.25) is 24.0 Å². The van der Waals surface area contributed by atoms with Gasteiger partial charge in [0.1, 0.15) is 12.1 Å². The van der Waals surface area contributed by atoms with Crippen LogP contribution in [0, 0.1) is 5.92 Å². The number of carbonyl (C=O) groups is 5. The zero-order chi connectivity index (χ0) is 31.6. The first-order valence-corrected chi connectivity index (χ1v) is 14.3. The van der Waals surface area contributed by atoms with Crippen LogP contribution in [0.5, 0.6) is 0 Å². The summed E-state index contributed by atoms with van der Waals surface area (Å²) in [6.07, 6.45) is 0. The third-order valence-electron chi connectivity index (χ3n) is 7.33. The number of Topliss-reactive ketones (excluding diaryl/α,β-unsaturated/α-hetero) is 1. The fraction of sp³-hybridized carbons (Fsp3) is 0.324. The molecule has 43 heavy (non-hydrogen) atoms. The first-order valence-electron chi connectivity index (χ1n) is 14.3. The molecule has 4 N–H and O–H groups in total. The lowest BCUT2D eigenvalue weighted by Gasteiger charge is -2.35. The van der Waals surface area contributed by atoms with Crippen molar-refractivity contribution < 1.29 is 24.0 Å². The third-order valence-corrected chi connectivity index (χ3v) is 7.33. The van der Waals surface area contributed by atoms with E-state index < -0.39 is 58.9 Å². The molecule has 0 aliphatic heterocycles. The van der Waals surface area contributed by atoms with Crippen molar-refractivity contribution in [3.05, 3.63) is 108 Å². The van der Waals surface area contributed by atoms with Crippen LogP contribution in [-0.4, -0.2) is 47.5 Å². The van der Waals surface area contributed by atoms with E-state index in [4.69, 9.17) is 0 Å². The molecule has 9 heteroatoms. The summed E-state index contributed by atoms with van der Waals surface area (Å²) < 4.78 is 0. The Balaban J connectivity index is 1.72. The maximum absolute atomic E-state index is 13.7. The van der Waals surface area contributed by atoms with Crippen molar-refractivity contribution >= 4 is 29.4 Å². The van der Waals surface area contributed by atoms with E-state index in [2.05, 4.69) is 21.3 Å². The van der Waals surface area contributed by atoms with E-state index in [0.717, 1.165) is 11.1 Å². The number of nitrogens with one attached hydrogen (secondary N) is 4. The van der Waals surface area contributed by atoms with E-state index in [9.17, 15) is 24.0 Å². The summed E-state index contributed by atoms with van der Waals surface area (Å²) in [6.45, 7) is 8.76. The van der Waals surface area contributed by atoms with Crippen molar-refractivity contribution in [1.29, 1.82) is 0 Å². The maximum Gasteiger partial charge on any atom is 0.289 e. The zero-order valence-corrected chi connectivity index (χ0v) is 25.2. The van der Waals surface area contributed by atoms with Crippen LogP contribution < -0.4 is 21.3 Å². The Morgan fingerprint density at radius 3 is 1.77 bits per heavy atom. The molecule has 226 valence electrons. The number of amides is 4. The predicted octanol–water partition coefficient (Wildman–Crippen LogP) is 3.29. The highest BCUT2D eigenvalue weighted by Gasteiger charge is 2.39. The molecule has 0 aliphatic carbocycles. The van der Waals surface area contributed by atoms with Crippen LogP contribution in [0.25, 0.3) is 0 Å². The first-order chi connectivity index (χ1) is 20.4. The molecule has 0 saturated carbocycles. The molecule has 3 aromatic carbocycles. The van der Waals surface area contributed by atoms with Gasteiger partial charge in [0.15, 0.2) is 0 Å². The minimum Gasteiger partial charge on any atom is -0.345 e. The molecule has 3 rings (SSSR count). The number of ketones is 1. The SMILES string of the molecule is CC(C)[C@H](NC(=O)[C@H](C)NC(=O)[C@@H](NC(=O)c1ccccc1)C(C)(C)c1ccccc1)C(=O)C(=O)NCc1ccccc1. The highest BCUT2D eigenvalue weighted by Crippen LogP contribution is 2.28. The van der Waals surface area contributed by atoms with Crippen molar-refractivity contribution in [2.45, 2.75) is 64.7 Å². The number of rotatable bonds is 13. The van der Waals surface area contributed by atoms with E-state index in [0.29, 0.717) is 5.56 Å². The van der Waals surface area contributed by atoms with E-state index in [1.165, 1.54) is 6.92 Å². The molecular weight excluding hydrogens is 544 g/mol. The minimum atomic E-state index is -1.10. The van der Waals surface area contributed by atoms with Crippen LogP contribution in [-0.2, 0) is 31.1 Å². The first kappa shape index (κ1) is 32.7. The Labute approximate surface area is 252 Å². The van der Waals surface area contributed by atoms with Crippen LogP contribution in [0.1, 0.15) is 56.1 Å². The minimum absolute atomic E-state index is 0.171. The molecule has 4 amide bonds. The standard InChI is InChI=1S/C34H40N4O5/c1-22(2)27(28(39)32(42)35-21-24-15-9-6-10-16-24)37-30(40)23(3)36-33(43)29(34(4,5)26-19-13-8-14-20-26)38-31(41)25-17-11-7-12-18-25/h6-20,22-23,27,29H,21H2,1-5H3,(H,35,42)(H,36,43)(H,37,40)(H,38,41)/t23-,27-,29+/m0/s1. The fourth-order valence-electron chi connectivity index (χ4n) is 4.59. The molecular formula is C34H40N4O5. The van der Waals surface area contributed by atoms with Gasteiger partial charge >= 0.3 is 0 Å². The van der Waals surface area contributed by atoms with Gasteiger partial charge in [0.05, 0.1) is 6.04 Å². The molecule has 3 atom stereocenters. The average molecular weight is 585 g/mol. The van der Waals surface area contributed by atoms with Crippen LogP contribution in [0.15, 0.2) is 91.0 Å². The Morgan fingerprint density at radius 2 is 1.21 bits per heavy atom. The van der Waals surface area contributed by atoms with Gasteiger partial charge in [0.25, 0.3) is 11.8 Å². The van der Waals surface area contributed by atoms with Gasteiger partial charge in [0.2, 0.25) is 17.6 Å². The van der Waals surface area contributed by atoms with Gasteiger partial charge in [-0.2, -0.15) is 0 Å². The second-order valence-electron chi connectivity index (χ2n) is 11.4. The maximum atomic E-state index is 13.7. The lowest BCUT2D eigenvalue weighted by atomic mass is 9.77. The van der Waals surface area contributed by atoms with Gasteiger partial charge < -0.3 is 21.3 Å². The smallest absolute Gasteiger partial charge is 0.289 e. The van der Waals surface area contributed by atoms with Crippen molar-refractivity contribution in [3.8, 4) is 0 Å². The van der Waals surface area contributed by atoms with Gasteiger partial charge in [-0.25, -0.2) is 0 Å². The lowest BCUT2D eigenvalue weighted by Crippen LogP contribution is -2.60. The Morgan fingerprint density at radius 1 is 0.674 bits per heavy atom. The predicted molar refractivity (Wildman–Crippen MR) is 165 cm³/mol. The van der Waals surface area contributed by atoms with E-state index in [1.54, 1.807) is 44.2 Å². The molecule has 0 unspecified atom stereocenters. The Hall–Kier alpha value is -4.79. The molecule has 3 aromatic rings. The van der Waals surface area contributed by atoms with Crippen molar-refractivity contribution in [2.75, 3.05) is 0 Å². The Kier molecular flexibility index (Phi) is 11.3. The normalized spacial score (nSPS) is 13.3. The summed E-state index contributed by atoms with van der Waals surface area (Å²) in [5.41, 5.74) is 1.17. The number of hydrogen-bond acceptors (Lipinski definition) is 5. The van der Waals surface area contributed by atoms with E-state index >= 15 is 0 Å². The summed E-state index contributed by atoms with van der Waals surface area (Å²) in [5.74, 6) is -3.63. The van der Waals surface area contributed by atoms with Crippen LogP contribution in [0.2, 0.25) is 0 Å². The van der Waals surface area contributed by atoms with Gasteiger partial charge in [-0.05, 0) is 36.1 Å². The van der Waals surface area contributed by atoms with Crippen molar-refractivity contribution in [1.82, 2.24) is 21.3 Å². The quantitative estimate of drug-likeness (QED) is 0.229. The van der Waals surface area contributed by atoms with Crippen molar-refractivity contribution in [3.63, 3.8) is 0 Å². The van der Waals surface area contributed by atoms with Gasteiger partial charge in [-0.1, -0.05) is 107 Å². The van der Waals surface area contributed by atoms with Crippen LogP contribution >= 0.6 is 0 Å². The molecule has 0 saturated heterocycles. The molecule has 0 radical (unpaired) electrons. The summed E-state index contributed by atoms with van der Waals surface area (Å²) in [7, 11) is 0. The summed E-state index contributed by atoms with van der Waals surface area (Å²) in [4.78, 5) is 65.6. The highest BCUT2D eigenvalue weighted by atomic mass is 16.2. The average Bonchev–Trinajstić information content (AvgIpc) is 3.01. The monoisotopic (exact) mass is 584 g/mol. The summed E-state index contributed by atoms with van der Waals surface area (Å²) >= 11 is 0. The van der Waals surface area contributed by atoms with E-state index in [1.807, 2.05) is 74.5 Å². The summed E-state index contributed by atoms with van der Waals surface area (Å²) in [5, 5.41) is 10.8. The number of benzene rings is 3. The topological polar surface area (TPSA) is 133 Å². The second kappa shape index (κ2) is 14.9. The molecule has 0 aromatic heterocycles. The Bertz CT molecular complexity index is 1410. The van der Waals surface area contributed by atoms with Gasteiger partial charge in [-0.15, -0.1) is 0 Å². The second-order valence-corrected chi connectivity index (χ2v) is 11.4. The molecule has 0 bridgehead atoms. The molecule has 9 nitrogen and oxygen atoms in total. The summed E-state index contributed by atoms with van der Waals surface area (Å²) in [6, 6.07) is 23.8. The molecule has 0 spiro atoms. The highest BCUT2D eigenvalue weighted by molar-refractivity contribution is 6.38. The van der Waals surface area contributed by atoms with Gasteiger partial charge in [0, 0.05) is 17.5 Å². The van der Waals surface area contributed by atoms with E-state index in [-0.39, 0.29) is 6.54 Å². The van der Waals surface area contributed by atoms with Crippen LogP contribution in [0.3, 0.4) is 0 Å². The van der Waals surface area contributed by atoms with Crippen molar-refractivity contribution in [2.24, 2.45) is 5.92 Å². The molecule has 0 aliphatic rings. The lowest BCUT2D eigenvalue weighted by molar-refractivity contribution is -0.141. The number of carbonyl (C=O) groups excluding carboxylic acids is 5. The molecule has 0 heterocycles. The van der Waals surface area contributed by atoms with Crippen LogP contribution in [0.4, 0.5) is 0 Å². The zero-order valence-electron chi connectivity index (χ0n) is 25.2. The largest absolute Gasteiger partial charge is 0.345 e. The number of hydrogen-bond donors (Lipinski definition) is 4. The molecule has 0 fully saturated rings.